The van der Waals surface area contributed by atoms with Crippen molar-refractivity contribution in [3.8, 4) is 6.07 Å². The molecule has 60 valence electrons. The van der Waals surface area contributed by atoms with E-state index in [2.05, 4.69) is 0 Å². The van der Waals surface area contributed by atoms with Gasteiger partial charge in [-0.2, -0.15) is 5.26 Å². The van der Waals surface area contributed by atoms with Crippen molar-refractivity contribution < 1.29 is 9.90 Å². The Kier molecular flexibility index (Phi) is 3.89. The van der Waals surface area contributed by atoms with Crippen molar-refractivity contribution in [1.29, 1.82) is 10.7 Å². The van der Waals surface area contributed by atoms with Crippen molar-refractivity contribution in [1.82, 2.24) is 0 Å². The maximum Gasteiger partial charge on any atom is 0.312 e. The average Bonchev–Trinajstić information content (AvgIpc) is 1.87. The SMILES string of the molecule is CC(=N)C(CCC#N)C(=O)O. The van der Waals surface area contributed by atoms with Crippen LogP contribution >= 0.6 is 0 Å². The number of hydrogen-bond acceptors (Lipinski definition) is 3. The van der Waals surface area contributed by atoms with E-state index in [0.717, 1.165) is 0 Å². The fourth-order valence-electron chi connectivity index (χ4n) is 0.734. The molecule has 0 heterocycles. The Morgan fingerprint density at radius 1 is 1.82 bits per heavy atom. The summed E-state index contributed by atoms with van der Waals surface area (Å²) in [5.74, 6) is -1.80. The molecule has 2 N–H and O–H groups in total. The zero-order valence-corrected chi connectivity index (χ0v) is 6.29. The lowest BCUT2D eigenvalue weighted by Crippen LogP contribution is -2.20. The van der Waals surface area contributed by atoms with Crippen molar-refractivity contribution in [2.75, 3.05) is 0 Å². The summed E-state index contributed by atoms with van der Waals surface area (Å²) >= 11 is 0. The first kappa shape index (κ1) is 9.63. The lowest BCUT2D eigenvalue weighted by Gasteiger charge is -2.06. The largest absolute Gasteiger partial charge is 0.481 e. The number of rotatable bonds is 4. The Hall–Kier alpha value is -1.37. The summed E-state index contributed by atoms with van der Waals surface area (Å²) in [6.07, 6.45) is 0.425. The summed E-state index contributed by atoms with van der Waals surface area (Å²) in [6, 6.07) is 1.85. The van der Waals surface area contributed by atoms with Gasteiger partial charge in [-0.3, -0.25) is 4.79 Å². The first-order valence-electron chi connectivity index (χ1n) is 3.24. The molecular formula is C7H10N2O2. The third kappa shape index (κ3) is 3.36. The number of aliphatic carboxylic acids is 1. The van der Waals surface area contributed by atoms with Crippen molar-refractivity contribution in [3.63, 3.8) is 0 Å². The molecule has 0 bridgehead atoms. The second-order valence-corrected chi connectivity index (χ2v) is 2.27. The number of nitrogens with one attached hydrogen (secondary N) is 1. The highest BCUT2D eigenvalue weighted by Crippen LogP contribution is 2.07. The highest BCUT2D eigenvalue weighted by atomic mass is 16.4. The van der Waals surface area contributed by atoms with E-state index in [1.807, 2.05) is 6.07 Å². The van der Waals surface area contributed by atoms with Crippen LogP contribution in [0.3, 0.4) is 0 Å². The van der Waals surface area contributed by atoms with Crippen LogP contribution in [0.2, 0.25) is 0 Å². The Morgan fingerprint density at radius 2 is 2.36 bits per heavy atom. The summed E-state index contributed by atoms with van der Waals surface area (Å²) in [5.41, 5.74) is 0.104. The molecule has 0 aromatic rings. The van der Waals surface area contributed by atoms with Gasteiger partial charge in [0.15, 0.2) is 0 Å². The minimum Gasteiger partial charge on any atom is -0.481 e. The van der Waals surface area contributed by atoms with E-state index in [9.17, 15) is 4.79 Å². The van der Waals surface area contributed by atoms with E-state index in [1.54, 1.807) is 0 Å². The van der Waals surface area contributed by atoms with E-state index in [1.165, 1.54) is 6.92 Å². The fourth-order valence-corrected chi connectivity index (χ4v) is 0.734. The number of nitriles is 1. The van der Waals surface area contributed by atoms with Crippen LogP contribution in [0.4, 0.5) is 0 Å². The third-order valence-electron chi connectivity index (χ3n) is 1.37. The van der Waals surface area contributed by atoms with Gasteiger partial charge in [-0.15, -0.1) is 0 Å². The quantitative estimate of drug-likeness (QED) is 0.593. The Labute approximate surface area is 65.0 Å². The molecule has 4 heteroatoms. The van der Waals surface area contributed by atoms with Crippen LogP contribution in [0.25, 0.3) is 0 Å². The van der Waals surface area contributed by atoms with Crippen LogP contribution in [0.1, 0.15) is 19.8 Å². The lowest BCUT2D eigenvalue weighted by molar-refractivity contribution is -0.139. The summed E-state index contributed by atoms with van der Waals surface area (Å²) in [4.78, 5) is 10.4. The predicted octanol–water partition coefficient (Wildman–Crippen LogP) is 1.03. The van der Waals surface area contributed by atoms with Crippen LogP contribution in [-0.2, 0) is 4.79 Å². The Morgan fingerprint density at radius 3 is 2.64 bits per heavy atom. The molecule has 0 spiro atoms. The molecule has 0 saturated carbocycles. The second kappa shape index (κ2) is 4.45. The van der Waals surface area contributed by atoms with Gasteiger partial charge in [-0.25, -0.2) is 0 Å². The minimum atomic E-state index is -1.02. The molecule has 0 saturated heterocycles. The van der Waals surface area contributed by atoms with Gasteiger partial charge in [-0.1, -0.05) is 0 Å². The zero-order valence-electron chi connectivity index (χ0n) is 6.29. The first-order valence-corrected chi connectivity index (χ1v) is 3.24. The van der Waals surface area contributed by atoms with Crippen LogP contribution in [0, 0.1) is 22.7 Å². The molecule has 0 radical (unpaired) electrons. The smallest absolute Gasteiger partial charge is 0.312 e. The van der Waals surface area contributed by atoms with Gasteiger partial charge in [-0.05, 0) is 13.3 Å². The van der Waals surface area contributed by atoms with E-state index in [0.29, 0.717) is 0 Å². The number of carbonyl (C=O) groups is 1. The monoisotopic (exact) mass is 154 g/mol. The molecule has 0 aromatic carbocycles. The first-order chi connectivity index (χ1) is 5.09. The van der Waals surface area contributed by atoms with Gasteiger partial charge < -0.3 is 10.5 Å². The van der Waals surface area contributed by atoms with E-state index >= 15 is 0 Å². The van der Waals surface area contributed by atoms with Gasteiger partial charge >= 0.3 is 5.97 Å². The number of nitrogens with zero attached hydrogens (tertiary/aromatic N) is 1. The summed E-state index contributed by atoms with van der Waals surface area (Å²) in [6.45, 7) is 1.44. The molecule has 4 nitrogen and oxygen atoms in total. The van der Waals surface area contributed by atoms with Gasteiger partial charge in [0.1, 0.15) is 0 Å². The number of carboxylic acids is 1. The fraction of sp³-hybridized carbons (Fsp3) is 0.571. The standard InChI is InChI=1S/C7H10N2O2/c1-5(9)6(7(10)11)3-2-4-8/h6,9H,2-3H2,1H3,(H,10,11). The van der Waals surface area contributed by atoms with E-state index in [-0.39, 0.29) is 18.6 Å². The molecule has 0 aliphatic heterocycles. The van der Waals surface area contributed by atoms with Gasteiger partial charge in [0.2, 0.25) is 0 Å². The topological polar surface area (TPSA) is 84.9 Å². The Bertz CT molecular complexity index is 191. The van der Waals surface area contributed by atoms with Gasteiger partial charge in [0.25, 0.3) is 0 Å². The molecule has 1 unspecified atom stereocenters. The third-order valence-corrected chi connectivity index (χ3v) is 1.37. The molecule has 0 aliphatic rings. The van der Waals surface area contributed by atoms with Crippen LogP contribution in [-0.4, -0.2) is 16.8 Å². The molecular weight excluding hydrogens is 144 g/mol. The maximum absolute atomic E-state index is 10.4. The normalized spacial score (nSPS) is 11.6. The summed E-state index contributed by atoms with van der Waals surface area (Å²) in [7, 11) is 0. The molecule has 0 rings (SSSR count). The number of hydrogen-bond donors (Lipinski definition) is 2. The van der Waals surface area contributed by atoms with Crippen LogP contribution < -0.4 is 0 Å². The van der Waals surface area contributed by atoms with Crippen molar-refractivity contribution >= 4 is 11.7 Å². The van der Waals surface area contributed by atoms with Gasteiger partial charge in [0.05, 0.1) is 12.0 Å². The zero-order chi connectivity index (χ0) is 8.85. The van der Waals surface area contributed by atoms with Crippen molar-refractivity contribution in [2.24, 2.45) is 5.92 Å². The van der Waals surface area contributed by atoms with Gasteiger partial charge in [0, 0.05) is 12.1 Å². The summed E-state index contributed by atoms with van der Waals surface area (Å²) < 4.78 is 0. The van der Waals surface area contributed by atoms with Crippen molar-refractivity contribution in [3.05, 3.63) is 0 Å². The molecule has 0 aromatic heterocycles. The summed E-state index contributed by atoms with van der Waals surface area (Å²) in [5, 5.41) is 23.8. The highest BCUT2D eigenvalue weighted by Gasteiger charge is 2.18. The second-order valence-electron chi connectivity index (χ2n) is 2.27. The van der Waals surface area contributed by atoms with Crippen molar-refractivity contribution in [2.45, 2.75) is 19.8 Å². The Balaban J connectivity index is 4.03. The highest BCUT2D eigenvalue weighted by molar-refractivity contribution is 5.98. The molecule has 0 amide bonds. The van der Waals surface area contributed by atoms with Crippen LogP contribution in [0.5, 0.6) is 0 Å². The molecule has 0 fully saturated rings. The average molecular weight is 154 g/mol. The lowest BCUT2D eigenvalue weighted by atomic mass is 9.99. The molecule has 0 aliphatic carbocycles. The molecule has 1 atom stereocenters. The van der Waals surface area contributed by atoms with Crippen LogP contribution in [0.15, 0.2) is 0 Å². The van der Waals surface area contributed by atoms with E-state index in [4.69, 9.17) is 15.8 Å². The minimum absolute atomic E-state index is 0.104. The van der Waals surface area contributed by atoms with E-state index < -0.39 is 11.9 Å². The number of carboxylic acid groups (broad SMARTS) is 1. The predicted molar refractivity (Wildman–Crippen MR) is 39.4 cm³/mol. The molecule has 11 heavy (non-hydrogen) atoms. The maximum atomic E-state index is 10.4.